The molecule has 6 atom stereocenters. The number of nitrogens with one attached hydrogen (secondary N) is 3. The molecule has 3 aliphatic rings. The van der Waals surface area contributed by atoms with Gasteiger partial charge in [-0.25, -0.2) is 9.97 Å². The van der Waals surface area contributed by atoms with Crippen LogP contribution in [0.1, 0.15) is 69.5 Å². The number of ether oxygens (including phenoxy) is 4. The number of fused-ring (bicyclic) bond motifs is 1. The average Bonchev–Trinajstić information content (AvgIpc) is 3.80. The van der Waals surface area contributed by atoms with E-state index in [-0.39, 0.29) is 84.5 Å². The Bertz CT molecular complexity index is 2050. The molecule has 0 bridgehead atoms. The average molecular weight is 914 g/mol. The van der Waals surface area contributed by atoms with Crippen LogP contribution in [0.15, 0.2) is 49.1 Å². The fraction of sp³-hybridized carbons (Fsp3) is 0.622. The maximum absolute atomic E-state index is 13.9. The molecule has 0 spiro atoms. The minimum atomic E-state index is -4.54. The van der Waals surface area contributed by atoms with E-state index < -0.39 is 23.7 Å². The van der Waals surface area contributed by atoms with Gasteiger partial charge in [-0.3, -0.25) is 24.2 Å². The highest BCUT2D eigenvalue weighted by molar-refractivity contribution is 5.93. The maximum Gasteiger partial charge on any atom is 0.416 e. The van der Waals surface area contributed by atoms with Gasteiger partial charge in [-0.1, -0.05) is 6.07 Å². The second kappa shape index (κ2) is 23.4. The smallest absolute Gasteiger partial charge is 0.379 e. The lowest BCUT2D eigenvalue weighted by Gasteiger charge is -2.44. The van der Waals surface area contributed by atoms with Crippen LogP contribution in [-0.4, -0.2) is 164 Å². The predicted molar refractivity (Wildman–Crippen MR) is 233 cm³/mol. The van der Waals surface area contributed by atoms with Crippen molar-refractivity contribution in [3.05, 3.63) is 60.2 Å². The Morgan fingerprint density at radius 3 is 2.32 bits per heavy atom. The van der Waals surface area contributed by atoms with Crippen molar-refractivity contribution in [2.45, 2.75) is 94.8 Å². The highest BCUT2D eigenvalue weighted by Gasteiger charge is 2.44. The van der Waals surface area contributed by atoms with Crippen LogP contribution in [0.4, 0.5) is 19.0 Å². The summed E-state index contributed by atoms with van der Waals surface area (Å²) >= 11 is 0. The third kappa shape index (κ3) is 13.3. The largest absolute Gasteiger partial charge is 0.416 e. The molecule has 356 valence electrons. The van der Waals surface area contributed by atoms with Crippen LogP contribution in [-0.2, 0) is 44.3 Å². The number of alkyl halides is 3. The molecule has 65 heavy (non-hydrogen) atoms. The first-order valence-electron chi connectivity index (χ1n) is 22.4. The summed E-state index contributed by atoms with van der Waals surface area (Å²) in [5, 5.41) is 9.34. The summed E-state index contributed by atoms with van der Waals surface area (Å²) in [5.74, 6) is -0.995. The number of hydrogen-bond acceptors (Lipinski definition) is 13. The Hall–Kier alpha value is -5.02. The van der Waals surface area contributed by atoms with Gasteiger partial charge in [0, 0.05) is 62.8 Å². The molecule has 6 rings (SSSR count). The van der Waals surface area contributed by atoms with Gasteiger partial charge >= 0.3 is 6.18 Å². The van der Waals surface area contributed by atoms with E-state index in [1.165, 1.54) is 12.4 Å². The molecule has 1 aliphatic carbocycles. The molecule has 4 heterocycles. The Morgan fingerprint density at radius 1 is 0.938 bits per heavy atom. The number of carbonyl (C=O) groups excluding carboxylic acids is 4. The second-order valence-electron chi connectivity index (χ2n) is 17.0. The minimum Gasteiger partial charge on any atom is -0.379 e. The van der Waals surface area contributed by atoms with Gasteiger partial charge in [0.25, 0.3) is 0 Å². The van der Waals surface area contributed by atoms with Gasteiger partial charge in [-0.2, -0.15) is 13.2 Å². The molecule has 4 amide bonds. The number of carbonyl (C=O) groups is 4. The topological polar surface area (TPSA) is 190 Å². The zero-order valence-corrected chi connectivity index (χ0v) is 37.6. The molecule has 20 heteroatoms. The van der Waals surface area contributed by atoms with Crippen molar-refractivity contribution in [1.82, 2.24) is 40.3 Å². The second-order valence-corrected chi connectivity index (χ2v) is 17.0. The normalized spacial score (nSPS) is 22.7. The first-order chi connectivity index (χ1) is 31.2. The number of anilines is 1. The molecular weight excluding hydrogens is 852 g/mol. The number of hydrogen-bond donors (Lipinski definition) is 3. The molecule has 2 aromatic heterocycles. The number of halogens is 3. The molecule has 3 N–H and O–H groups in total. The lowest BCUT2D eigenvalue weighted by atomic mass is 9.84. The lowest BCUT2D eigenvalue weighted by Crippen LogP contribution is -2.58. The summed E-state index contributed by atoms with van der Waals surface area (Å²) < 4.78 is 63.0. The van der Waals surface area contributed by atoms with Crippen LogP contribution in [0.3, 0.4) is 0 Å². The van der Waals surface area contributed by atoms with E-state index in [1.54, 1.807) is 35.3 Å². The molecule has 0 radical (unpaired) electrons. The monoisotopic (exact) mass is 913 g/mol. The molecule has 1 saturated carbocycles. The van der Waals surface area contributed by atoms with Gasteiger partial charge in [0.15, 0.2) is 0 Å². The molecule has 3 aromatic rings. The Morgan fingerprint density at radius 2 is 1.65 bits per heavy atom. The number of nitrogens with zero attached hydrogens (tertiary/aromatic N) is 6. The molecule has 1 unspecified atom stereocenters. The van der Waals surface area contributed by atoms with E-state index in [1.807, 2.05) is 6.07 Å². The van der Waals surface area contributed by atoms with Crippen molar-refractivity contribution in [2.24, 2.45) is 5.92 Å². The van der Waals surface area contributed by atoms with Crippen LogP contribution in [0.2, 0.25) is 0 Å². The fourth-order valence-electron chi connectivity index (χ4n) is 8.83. The highest BCUT2D eigenvalue weighted by atomic mass is 19.4. The van der Waals surface area contributed by atoms with Gasteiger partial charge in [-0.05, 0) is 76.4 Å². The number of pyridine rings is 1. The number of amides is 4. The minimum absolute atomic E-state index is 0.0837. The van der Waals surface area contributed by atoms with Gasteiger partial charge < -0.3 is 49.6 Å². The number of rotatable bonds is 23. The van der Waals surface area contributed by atoms with Gasteiger partial charge in [0.1, 0.15) is 18.2 Å². The Kier molecular flexibility index (Phi) is 17.8. The van der Waals surface area contributed by atoms with Crippen LogP contribution in [0, 0.1) is 5.92 Å². The van der Waals surface area contributed by atoms with Crippen molar-refractivity contribution >= 4 is 40.3 Å². The first kappa shape index (κ1) is 49.4. The van der Waals surface area contributed by atoms with E-state index >= 15 is 0 Å². The van der Waals surface area contributed by atoms with E-state index in [0.717, 1.165) is 24.1 Å². The van der Waals surface area contributed by atoms with Crippen molar-refractivity contribution < 1.29 is 51.3 Å². The highest BCUT2D eigenvalue weighted by Crippen LogP contribution is 2.37. The Balaban J connectivity index is 0.848. The van der Waals surface area contributed by atoms with Crippen molar-refractivity contribution in [2.75, 3.05) is 85.4 Å². The summed E-state index contributed by atoms with van der Waals surface area (Å²) in [6, 6.07) is 5.79. The standard InChI is InChI=1S/C45H62F3N9O8/c1-29(2)55(3)32-8-10-38(57-15-11-36(44(57)61)54-42-33-24-31(45(46,47)48)7-9-35(33)51-28-52-42)37(25-32)53-39(58)12-16-62-18-20-64-22-23-65-21-19-63-17-14-50-43(60)34-26-40(59)56(4)41(34)30-6-5-13-49-27-30/h5-7,9,13,24,27-29,32,34,36-38,41H,8,10-12,14-23,25-26H2,1-4H3,(H,50,60)(H,53,58)(H,51,52,54)/t32-,34+,36+,37-,38?,41-/m1/s1. The zero-order valence-electron chi connectivity index (χ0n) is 37.6. The summed E-state index contributed by atoms with van der Waals surface area (Å²) in [5.41, 5.74) is 0.325. The van der Waals surface area contributed by atoms with E-state index in [2.05, 4.69) is 56.7 Å². The van der Waals surface area contributed by atoms with E-state index in [4.69, 9.17) is 18.9 Å². The van der Waals surface area contributed by atoms with Gasteiger partial charge in [-0.15, -0.1) is 0 Å². The number of aromatic nitrogens is 3. The third-order valence-corrected chi connectivity index (χ3v) is 12.5. The molecule has 3 fully saturated rings. The van der Waals surface area contributed by atoms with E-state index in [9.17, 15) is 32.3 Å². The summed E-state index contributed by atoms with van der Waals surface area (Å²) in [6.45, 7) is 7.47. The summed E-state index contributed by atoms with van der Waals surface area (Å²) in [6.07, 6.45) is 2.92. The predicted octanol–water partition coefficient (Wildman–Crippen LogP) is 3.59. The van der Waals surface area contributed by atoms with Crippen LogP contribution in [0.5, 0.6) is 0 Å². The summed E-state index contributed by atoms with van der Waals surface area (Å²) in [4.78, 5) is 70.5. The third-order valence-electron chi connectivity index (χ3n) is 12.5. The maximum atomic E-state index is 13.9. The molecule has 2 aliphatic heterocycles. The Labute approximate surface area is 377 Å². The number of likely N-dealkylation sites (tertiary alicyclic amines) is 2. The molecule has 17 nitrogen and oxygen atoms in total. The quantitative estimate of drug-likeness (QED) is 0.117. The first-order valence-corrected chi connectivity index (χ1v) is 22.4. The summed E-state index contributed by atoms with van der Waals surface area (Å²) in [7, 11) is 3.77. The lowest BCUT2D eigenvalue weighted by molar-refractivity contribution is -0.137. The number of benzene rings is 1. The van der Waals surface area contributed by atoms with Gasteiger partial charge in [0.05, 0.1) is 88.0 Å². The zero-order chi connectivity index (χ0) is 46.5. The molecule has 1 aromatic carbocycles. The van der Waals surface area contributed by atoms with Crippen LogP contribution >= 0.6 is 0 Å². The van der Waals surface area contributed by atoms with Crippen molar-refractivity contribution in [3.63, 3.8) is 0 Å². The van der Waals surface area contributed by atoms with Crippen molar-refractivity contribution in [3.8, 4) is 0 Å². The van der Waals surface area contributed by atoms with Crippen LogP contribution < -0.4 is 16.0 Å². The van der Waals surface area contributed by atoms with Gasteiger partial charge in [0.2, 0.25) is 23.6 Å². The fourth-order valence-corrected chi connectivity index (χ4v) is 8.83. The molecule has 2 saturated heterocycles. The molecular formula is C45H62F3N9O8. The van der Waals surface area contributed by atoms with Crippen molar-refractivity contribution in [1.29, 1.82) is 0 Å². The SMILES string of the molecule is CC(C)N(C)[C@@H]1CCC(N2CC[C@H](Nc3ncnc4ccc(C(F)(F)F)cc34)C2=O)[C@H](NC(=O)CCOCCOCCOCCOCCNC(=O)[C@H]2CC(=O)N(C)[C@@H]2c2cccnc2)C1. The van der Waals surface area contributed by atoms with Crippen LogP contribution in [0.25, 0.3) is 10.9 Å². The van der Waals surface area contributed by atoms with E-state index in [0.29, 0.717) is 84.1 Å².